The molecule has 1 aliphatic carbocycles. The van der Waals surface area contributed by atoms with E-state index in [1.54, 1.807) is 14.2 Å². The highest BCUT2D eigenvalue weighted by molar-refractivity contribution is 4.91. The van der Waals surface area contributed by atoms with Crippen LogP contribution in [0.15, 0.2) is 0 Å². The first-order valence-electron chi connectivity index (χ1n) is 4.90. The van der Waals surface area contributed by atoms with E-state index in [2.05, 4.69) is 19.2 Å². The summed E-state index contributed by atoms with van der Waals surface area (Å²) in [6, 6.07) is 0.257. The number of hydrogen-bond acceptors (Lipinski definition) is 3. The molecule has 0 aromatic heterocycles. The standard InChI is InChI=1S/C10H21NO2/c1-8(9(12-3)13-4)11-7-10(2)5-6-10/h8-9,11H,5-7H2,1-4H3. The molecule has 13 heavy (non-hydrogen) atoms. The van der Waals surface area contributed by atoms with Crippen LogP contribution in [0, 0.1) is 5.41 Å². The van der Waals surface area contributed by atoms with Gasteiger partial charge in [0.1, 0.15) is 0 Å². The summed E-state index contributed by atoms with van der Waals surface area (Å²) in [5, 5.41) is 3.44. The van der Waals surface area contributed by atoms with Gasteiger partial charge in [-0.1, -0.05) is 6.92 Å². The van der Waals surface area contributed by atoms with Gasteiger partial charge in [0.05, 0.1) is 6.04 Å². The maximum Gasteiger partial charge on any atom is 0.171 e. The fraction of sp³-hybridized carbons (Fsp3) is 1.00. The Kier molecular flexibility index (Phi) is 3.71. The lowest BCUT2D eigenvalue weighted by molar-refractivity contribution is -0.119. The predicted octanol–water partition coefficient (Wildman–Crippen LogP) is 1.38. The van der Waals surface area contributed by atoms with E-state index in [9.17, 15) is 0 Å². The number of methoxy groups -OCH3 is 2. The quantitative estimate of drug-likeness (QED) is 0.637. The van der Waals surface area contributed by atoms with E-state index in [1.807, 2.05) is 0 Å². The van der Waals surface area contributed by atoms with Gasteiger partial charge in [-0.05, 0) is 25.2 Å². The van der Waals surface area contributed by atoms with Crippen LogP contribution in [0.3, 0.4) is 0 Å². The fourth-order valence-corrected chi connectivity index (χ4v) is 1.40. The van der Waals surface area contributed by atoms with Gasteiger partial charge in [0.25, 0.3) is 0 Å². The Hall–Kier alpha value is -0.120. The van der Waals surface area contributed by atoms with Gasteiger partial charge in [-0.15, -0.1) is 0 Å². The monoisotopic (exact) mass is 187 g/mol. The highest BCUT2D eigenvalue weighted by atomic mass is 16.7. The van der Waals surface area contributed by atoms with Crippen molar-refractivity contribution in [2.75, 3.05) is 20.8 Å². The van der Waals surface area contributed by atoms with E-state index < -0.39 is 0 Å². The Morgan fingerprint density at radius 2 is 1.85 bits per heavy atom. The second-order valence-corrected chi connectivity index (χ2v) is 4.32. The molecule has 0 aliphatic heterocycles. The Balaban J connectivity index is 2.19. The SMILES string of the molecule is COC(OC)C(C)NCC1(C)CC1. The molecule has 0 bridgehead atoms. The molecule has 3 heteroatoms. The first-order chi connectivity index (χ1) is 6.11. The molecule has 0 radical (unpaired) electrons. The van der Waals surface area contributed by atoms with Gasteiger partial charge in [-0.3, -0.25) is 0 Å². The normalized spacial score (nSPS) is 21.9. The van der Waals surface area contributed by atoms with Crippen LogP contribution in [-0.4, -0.2) is 33.1 Å². The van der Waals surface area contributed by atoms with Crippen LogP contribution >= 0.6 is 0 Å². The first kappa shape index (κ1) is 11.0. The summed E-state index contributed by atoms with van der Waals surface area (Å²) in [7, 11) is 3.34. The molecule has 0 aromatic carbocycles. The first-order valence-corrected chi connectivity index (χ1v) is 4.90. The lowest BCUT2D eigenvalue weighted by Gasteiger charge is -2.23. The molecule has 1 aliphatic rings. The van der Waals surface area contributed by atoms with Crippen LogP contribution in [0.4, 0.5) is 0 Å². The maximum absolute atomic E-state index is 5.16. The van der Waals surface area contributed by atoms with Crippen LogP contribution < -0.4 is 5.32 Å². The predicted molar refractivity (Wildman–Crippen MR) is 52.6 cm³/mol. The van der Waals surface area contributed by atoms with Gasteiger partial charge in [0, 0.05) is 20.8 Å². The Morgan fingerprint density at radius 3 is 2.23 bits per heavy atom. The van der Waals surface area contributed by atoms with Crippen molar-refractivity contribution >= 4 is 0 Å². The van der Waals surface area contributed by atoms with Crippen LogP contribution in [0.2, 0.25) is 0 Å². The molecule has 78 valence electrons. The van der Waals surface area contributed by atoms with Crippen molar-refractivity contribution in [2.24, 2.45) is 5.41 Å². The van der Waals surface area contributed by atoms with Crippen LogP contribution in [0.1, 0.15) is 26.7 Å². The number of rotatable bonds is 6. The summed E-state index contributed by atoms with van der Waals surface area (Å²) in [6.45, 7) is 5.46. The number of ether oxygens (including phenoxy) is 2. The smallest absolute Gasteiger partial charge is 0.171 e. The molecule has 0 saturated heterocycles. The lowest BCUT2D eigenvalue weighted by atomic mass is 10.1. The van der Waals surface area contributed by atoms with E-state index in [0.717, 1.165) is 6.54 Å². The van der Waals surface area contributed by atoms with Crippen molar-refractivity contribution in [1.29, 1.82) is 0 Å². The second-order valence-electron chi connectivity index (χ2n) is 4.32. The molecular formula is C10H21NO2. The summed E-state index contributed by atoms with van der Waals surface area (Å²) in [6.07, 6.45) is 2.55. The molecule has 3 nitrogen and oxygen atoms in total. The third-order valence-corrected chi connectivity index (χ3v) is 2.83. The van der Waals surface area contributed by atoms with Crippen molar-refractivity contribution in [3.8, 4) is 0 Å². The van der Waals surface area contributed by atoms with Gasteiger partial charge in [-0.2, -0.15) is 0 Å². The molecule has 1 rings (SSSR count). The fourth-order valence-electron chi connectivity index (χ4n) is 1.40. The van der Waals surface area contributed by atoms with Gasteiger partial charge in [-0.25, -0.2) is 0 Å². The summed E-state index contributed by atoms with van der Waals surface area (Å²) in [5.74, 6) is 0. The summed E-state index contributed by atoms with van der Waals surface area (Å²) < 4.78 is 10.3. The Bertz CT molecular complexity index is 153. The third-order valence-electron chi connectivity index (χ3n) is 2.83. The molecule has 0 heterocycles. The van der Waals surface area contributed by atoms with Gasteiger partial charge >= 0.3 is 0 Å². The van der Waals surface area contributed by atoms with E-state index in [0.29, 0.717) is 5.41 Å². The molecule has 0 amide bonds. The van der Waals surface area contributed by atoms with Crippen molar-refractivity contribution in [3.05, 3.63) is 0 Å². The Labute approximate surface area is 80.8 Å². The second kappa shape index (κ2) is 4.40. The lowest BCUT2D eigenvalue weighted by Crippen LogP contribution is -2.41. The summed E-state index contributed by atoms with van der Waals surface area (Å²) >= 11 is 0. The molecule has 1 unspecified atom stereocenters. The number of hydrogen-bond donors (Lipinski definition) is 1. The molecule has 0 spiro atoms. The maximum atomic E-state index is 5.16. The average Bonchev–Trinajstić information content (AvgIpc) is 2.84. The molecule has 1 N–H and O–H groups in total. The van der Waals surface area contributed by atoms with Crippen molar-refractivity contribution in [1.82, 2.24) is 5.32 Å². The van der Waals surface area contributed by atoms with Gasteiger partial charge in [0.15, 0.2) is 6.29 Å². The minimum Gasteiger partial charge on any atom is -0.354 e. The van der Waals surface area contributed by atoms with Crippen LogP contribution in [0.5, 0.6) is 0 Å². The molecular weight excluding hydrogens is 166 g/mol. The molecule has 1 fully saturated rings. The highest BCUT2D eigenvalue weighted by Crippen LogP contribution is 2.44. The van der Waals surface area contributed by atoms with Crippen molar-refractivity contribution in [3.63, 3.8) is 0 Å². The van der Waals surface area contributed by atoms with Gasteiger partial charge < -0.3 is 14.8 Å². The average molecular weight is 187 g/mol. The zero-order valence-electron chi connectivity index (χ0n) is 9.09. The van der Waals surface area contributed by atoms with Crippen LogP contribution in [-0.2, 0) is 9.47 Å². The van der Waals surface area contributed by atoms with Gasteiger partial charge in [0.2, 0.25) is 0 Å². The summed E-state index contributed by atoms with van der Waals surface area (Å²) in [4.78, 5) is 0. The minimum atomic E-state index is -0.137. The Morgan fingerprint density at radius 1 is 1.31 bits per heavy atom. The summed E-state index contributed by atoms with van der Waals surface area (Å²) in [5.41, 5.74) is 0.542. The molecule has 1 saturated carbocycles. The zero-order chi connectivity index (χ0) is 9.90. The van der Waals surface area contributed by atoms with E-state index in [-0.39, 0.29) is 12.3 Å². The van der Waals surface area contributed by atoms with Crippen molar-refractivity contribution < 1.29 is 9.47 Å². The molecule has 0 aromatic rings. The minimum absolute atomic E-state index is 0.137. The van der Waals surface area contributed by atoms with Crippen LogP contribution in [0.25, 0.3) is 0 Å². The highest BCUT2D eigenvalue weighted by Gasteiger charge is 2.37. The largest absolute Gasteiger partial charge is 0.354 e. The van der Waals surface area contributed by atoms with E-state index in [4.69, 9.17) is 9.47 Å². The molecule has 1 atom stereocenters. The van der Waals surface area contributed by atoms with Crippen molar-refractivity contribution in [2.45, 2.75) is 39.0 Å². The zero-order valence-corrected chi connectivity index (χ0v) is 9.09. The number of nitrogens with one attached hydrogen (secondary N) is 1. The van der Waals surface area contributed by atoms with E-state index in [1.165, 1.54) is 12.8 Å². The van der Waals surface area contributed by atoms with E-state index >= 15 is 0 Å². The topological polar surface area (TPSA) is 30.5 Å². The third kappa shape index (κ3) is 3.25.